The molecule has 0 bridgehead atoms. The Kier molecular flexibility index (Phi) is 5.40. The van der Waals surface area contributed by atoms with E-state index in [0.717, 1.165) is 27.6 Å². The van der Waals surface area contributed by atoms with Crippen molar-refractivity contribution in [2.24, 2.45) is 0 Å². The van der Waals surface area contributed by atoms with Crippen molar-refractivity contribution < 1.29 is 4.79 Å². The van der Waals surface area contributed by atoms with Crippen molar-refractivity contribution in [1.82, 2.24) is 15.3 Å². The summed E-state index contributed by atoms with van der Waals surface area (Å²) in [5.74, 6) is -0.0728. The van der Waals surface area contributed by atoms with Crippen molar-refractivity contribution in [3.8, 4) is 0 Å². The van der Waals surface area contributed by atoms with Gasteiger partial charge in [-0.2, -0.15) is 0 Å². The van der Waals surface area contributed by atoms with Crippen molar-refractivity contribution >= 4 is 28.4 Å². The molecule has 5 heteroatoms. The average Bonchev–Trinajstić information content (AvgIpc) is 3.16. The number of hydrogen-bond donors (Lipinski definition) is 2. The van der Waals surface area contributed by atoms with E-state index in [1.807, 2.05) is 60.8 Å². The minimum atomic E-state index is -0.0673. The van der Waals surface area contributed by atoms with E-state index in [1.54, 1.807) is 12.4 Å². The number of carbonyl (C=O) groups is 1. The normalized spacial score (nSPS) is 12.0. The van der Waals surface area contributed by atoms with Crippen LogP contribution in [0.25, 0.3) is 10.9 Å². The second-order valence-corrected chi connectivity index (χ2v) is 7.17. The zero-order chi connectivity index (χ0) is 19.3. The summed E-state index contributed by atoms with van der Waals surface area (Å²) in [6.07, 6.45) is 5.83. The lowest BCUT2D eigenvalue weighted by molar-refractivity contribution is -0.121. The SMILES string of the molecule is O=C(CC(c1ccc(Cl)cc1)c1c[nH]c2ccccc12)NCc1cccnc1. The molecule has 0 aliphatic heterocycles. The van der Waals surface area contributed by atoms with E-state index < -0.39 is 0 Å². The third kappa shape index (κ3) is 4.07. The molecule has 0 radical (unpaired) electrons. The first kappa shape index (κ1) is 18.3. The highest BCUT2D eigenvalue weighted by Crippen LogP contribution is 2.33. The molecule has 0 aliphatic carbocycles. The highest BCUT2D eigenvalue weighted by Gasteiger charge is 2.21. The number of H-pyrrole nitrogens is 1. The molecule has 2 heterocycles. The second kappa shape index (κ2) is 8.28. The van der Waals surface area contributed by atoms with Gasteiger partial charge in [-0.3, -0.25) is 9.78 Å². The Hall–Kier alpha value is -3.11. The van der Waals surface area contributed by atoms with Crippen molar-refractivity contribution in [2.75, 3.05) is 0 Å². The number of aromatic amines is 1. The third-order valence-corrected chi connectivity index (χ3v) is 5.12. The predicted octanol–water partition coefficient (Wildman–Crippen LogP) is 5.05. The number of hydrogen-bond acceptors (Lipinski definition) is 2. The predicted molar refractivity (Wildman–Crippen MR) is 112 cm³/mol. The number of pyridine rings is 1. The summed E-state index contributed by atoms with van der Waals surface area (Å²) in [5.41, 5.74) is 4.21. The first-order valence-electron chi connectivity index (χ1n) is 9.18. The van der Waals surface area contributed by atoms with Gasteiger partial charge in [0.1, 0.15) is 0 Å². The Morgan fingerprint density at radius 2 is 1.89 bits per heavy atom. The Bertz CT molecular complexity index is 1070. The average molecular weight is 390 g/mol. The molecule has 2 N–H and O–H groups in total. The van der Waals surface area contributed by atoms with E-state index in [0.29, 0.717) is 18.0 Å². The topological polar surface area (TPSA) is 57.8 Å². The number of aromatic nitrogens is 2. The quantitative estimate of drug-likeness (QED) is 0.484. The standard InChI is InChI=1S/C23H20ClN3O/c24-18-9-7-17(8-10-18)20(21-15-26-22-6-2-1-5-19(21)22)12-23(28)27-14-16-4-3-11-25-13-16/h1-11,13,15,20,26H,12,14H2,(H,27,28). The first-order chi connectivity index (χ1) is 13.7. The smallest absolute Gasteiger partial charge is 0.221 e. The molecular formula is C23H20ClN3O. The Balaban J connectivity index is 1.60. The van der Waals surface area contributed by atoms with E-state index in [4.69, 9.17) is 11.6 Å². The summed E-state index contributed by atoms with van der Waals surface area (Å²) in [6.45, 7) is 0.466. The molecule has 0 fully saturated rings. The molecule has 2 aromatic carbocycles. The van der Waals surface area contributed by atoms with Crippen LogP contribution in [0.3, 0.4) is 0 Å². The van der Waals surface area contributed by atoms with Gasteiger partial charge >= 0.3 is 0 Å². The maximum absolute atomic E-state index is 12.7. The number of benzene rings is 2. The number of amides is 1. The van der Waals surface area contributed by atoms with Crippen molar-refractivity contribution in [3.63, 3.8) is 0 Å². The van der Waals surface area contributed by atoms with Gasteiger partial charge in [-0.15, -0.1) is 0 Å². The molecule has 1 unspecified atom stereocenters. The molecule has 4 rings (SSSR count). The van der Waals surface area contributed by atoms with Gasteiger partial charge in [0.25, 0.3) is 0 Å². The van der Waals surface area contributed by atoms with E-state index in [-0.39, 0.29) is 11.8 Å². The number of rotatable bonds is 6. The highest BCUT2D eigenvalue weighted by molar-refractivity contribution is 6.30. The van der Waals surface area contributed by atoms with Crippen LogP contribution in [0.1, 0.15) is 29.0 Å². The molecule has 1 atom stereocenters. The molecule has 0 saturated carbocycles. The van der Waals surface area contributed by atoms with Gasteiger partial charge in [-0.25, -0.2) is 0 Å². The monoisotopic (exact) mass is 389 g/mol. The van der Waals surface area contributed by atoms with Crippen LogP contribution >= 0.6 is 11.6 Å². The maximum atomic E-state index is 12.7. The molecule has 4 aromatic rings. The van der Waals surface area contributed by atoms with Crippen LogP contribution in [-0.4, -0.2) is 15.9 Å². The zero-order valence-corrected chi connectivity index (χ0v) is 16.0. The van der Waals surface area contributed by atoms with E-state index in [9.17, 15) is 4.79 Å². The summed E-state index contributed by atoms with van der Waals surface area (Å²) in [4.78, 5) is 20.1. The maximum Gasteiger partial charge on any atom is 0.221 e. The molecule has 0 saturated heterocycles. The van der Waals surface area contributed by atoms with Gasteiger partial charge in [0.2, 0.25) is 5.91 Å². The minimum Gasteiger partial charge on any atom is -0.361 e. The van der Waals surface area contributed by atoms with Gasteiger partial charge in [0, 0.05) is 53.4 Å². The van der Waals surface area contributed by atoms with E-state index >= 15 is 0 Å². The number of carbonyl (C=O) groups excluding carboxylic acids is 1. The fourth-order valence-corrected chi connectivity index (χ4v) is 3.57. The number of nitrogens with zero attached hydrogens (tertiary/aromatic N) is 1. The summed E-state index contributed by atoms with van der Waals surface area (Å²) in [6, 6.07) is 19.7. The molecule has 140 valence electrons. The lowest BCUT2D eigenvalue weighted by atomic mass is 9.88. The Labute approximate surface area is 168 Å². The molecule has 28 heavy (non-hydrogen) atoms. The number of para-hydroxylation sites is 1. The van der Waals surface area contributed by atoms with Crippen molar-refractivity contribution in [2.45, 2.75) is 18.9 Å². The van der Waals surface area contributed by atoms with E-state index in [1.165, 1.54) is 0 Å². The van der Waals surface area contributed by atoms with Gasteiger partial charge < -0.3 is 10.3 Å². The summed E-state index contributed by atoms with van der Waals surface area (Å²) in [5, 5.41) is 4.82. The van der Waals surface area contributed by atoms with Crippen LogP contribution in [0.4, 0.5) is 0 Å². The fraction of sp³-hybridized carbons (Fsp3) is 0.130. The van der Waals surface area contributed by atoms with Gasteiger partial charge in [0.05, 0.1) is 0 Å². The molecule has 1 amide bonds. The van der Waals surface area contributed by atoms with Crippen LogP contribution in [0.5, 0.6) is 0 Å². The number of nitrogens with one attached hydrogen (secondary N) is 2. The van der Waals surface area contributed by atoms with Crippen LogP contribution in [0.15, 0.2) is 79.3 Å². The molecule has 0 spiro atoms. The molecule has 2 aromatic heterocycles. The lowest BCUT2D eigenvalue weighted by Gasteiger charge is -2.17. The third-order valence-electron chi connectivity index (χ3n) is 4.87. The van der Waals surface area contributed by atoms with E-state index in [2.05, 4.69) is 21.4 Å². The highest BCUT2D eigenvalue weighted by atomic mass is 35.5. The second-order valence-electron chi connectivity index (χ2n) is 6.74. The van der Waals surface area contributed by atoms with Crippen LogP contribution < -0.4 is 5.32 Å². The van der Waals surface area contributed by atoms with Crippen LogP contribution in [0.2, 0.25) is 5.02 Å². The van der Waals surface area contributed by atoms with Crippen molar-refractivity contribution in [1.29, 1.82) is 0 Å². The van der Waals surface area contributed by atoms with Crippen LogP contribution in [0, 0.1) is 0 Å². The Morgan fingerprint density at radius 1 is 1.07 bits per heavy atom. The number of fused-ring (bicyclic) bond motifs is 1. The molecule has 0 aliphatic rings. The largest absolute Gasteiger partial charge is 0.361 e. The number of halogens is 1. The summed E-state index contributed by atoms with van der Waals surface area (Å²) >= 11 is 6.07. The Morgan fingerprint density at radius 3 is 2.68 bits per heavy atom. The molecule has 4 nitrogen and oxygen atoms in total. The summed E-state index contributed by atoms with van der Waals surface area (Å²) < 4.78 is 0. The lowest BCUT2D eigenvalue weighted by Crippen LogP contribution is -2.25. The minimum absolute atomic E-state index is 0.00548. The summed E-state index contributed by atoms with van der Waals surface area (Å²) in [7, 11) is 0. The van der Waals surface area contributed by atoms with Gasteiger partial charge in [-0.1, -0.05) is 48.0 Å². The first-order valence-corrected chi connectivity index (χ1v) is 9.55. The fourth-order valence-electron chi connectivity index (χ4n) is 3.45. The van der Waals surface area contributed by atoms with Crippen LogP contribution in [-0.2, 0) is 11.3 Å². The van der Waals surface area contributed by atoms with Gasteiger partial charge in [-0.05, 0) is 41.0 Å². The molecular weight excluding hydrogens is 370 g/mol. The van der Waals surface area contributed by atoms with Crippen molar-refractivity contribution in [3.05, 3.63) is 101 Å². The van der Waals surface area contributed by atoms with Gasteiger partial charge in [0.15, 0.2) is 0 Å². The zero-order valence-electron chi connectivity index (χ0n) is 15.2.